The highest BCUT2D eigenvalue weighted by Crippen LogP contribution is 2.27. The first kappa shape index (κ1) is 24.1. The number of nitrogens with two attached hydrogens (primary N) is 1. The van der Waals surface area contributed by atoms with Gasteiger partial charge < -0.3 is 15.2 Å². The highest BCUT2D eigenvalue weighted by atomic mass is 16.5. The molecule has 1 aliphatic rings. The van der Waals surface area contributed by atoms with Crippen LogP contribution < -0.4 is 10.5 Å². The third-order valence-corrected chi connectivity index (χ3v) is 6.49. The number of methoxy groups -OCH3 is 1. The minimum Gasteiger partial charge on any atom is -0.491 e. The molecule has 1 aromatic carbocycles. The second kappa shape index (κ2) is 10.0. The van der Waals surface area contributed by atoms with E-state index < -0.39 is 0 Å². The predicted molar refractivity (Wildman–Crippen MR) is 135 cm³/mol. The molecule has 3 aromatic heterocycles. The Morgan fingerprint density at radius 2 is 1.94 bits per heavy atom. The number of benzene rings is 1. The second-order valence-electron chi connectivity index (χ2n) is 8.84. The van der Waals surface area contributed by atoms with Crippen molar-refractivity contribution in [2.45, 2.75) is 45.9 Å². The van der Waals surface area contributed by atoms with E-state index in [9.17, 15) is 0 Å². The zero-order chi connectivity index (χ0) is 22.9. The molecule has 0 bridgehead atoms. The molecule has 180 valence electrons. The number of ether oxygens (including phenoxy) is 2. The fourth-order valence-corrected chi connectivity index (χ4v) is 4.30. The molecule has 1 fully saturated rings. The summed E-state index contributed by atoms with van der Waals surface area (Å²) in [5.41, 5.74) is 9.75. The van der Waals surface area contributed by atoms with Crippen molar-refractivity contribution in [3.8, 4) is 17.3 Å². The SMILES string of the molecule is C.CO[C@H](C)COc1ccc2ccc(-c3nnc4ccc([C@H](C)N5CC[C@H](N)C5)cn34)nc2c1. The van der Waals surface area contributed by atoms with E-state index >= 15 is 0 Å². The molecule has 0 saturated carbocycles. The summed E-state index contributed by atoms with van der Waals surface area (Å²) in [6, 6.07) is 14.6. The molecule has 5 rings (SSSR count). The number of fused-ring (bicyclic) bond motifs is 2. The maximum Gasteiger partial charge on any atom is 0.187 e. The lowest BCUT2D eigenvalue weighted by atomic mass is 10.1. The molecule has 0 unspecified atom stereocenters. The monoisotopic (exact) mass is 462 g/mol. The van der Waals surface area contributed by atoms with Crippen LogP contribution in [0.25, 0.3) is 28.1 Å². The number of hydrogen-bond acceptors (Lipinski definition) is 7. The van der Waals surface area contributed by atoms with E-state index in [1.165, 1.54) is 5.56 Å². The van der Waals surface area contributed by atoms with Gasteiger partial charge in [-0.3, -0.25) is 9.30 Å². The maximum atomic E-state index is 6.12. The fraction of sp³-hybridized carbons (Fsp3) is 0.423. The van der Waals surface area contributed by atoms with E-state index in [1.807, 2.05) is 41.7 Å². The minimum atomic E-state index is 0. The first-order valence-electron chi connectivity index (χ1n) is 11.4. The number of pyridine rings is 2. The molecule has 8 heteroatoms. The van der Waals surface area contributed by atoms with Crippen LogP contribution >= 0.6 is 0 Å². The van der Waals surface area contributed by atoms with Gasteiger partial charge in [0, 0.05) is 49.9 Å². The Bertz CT molecular complexity index is 1270. The Kier molecular flexibility index (Phi) is 7.11. The molecule has 3 atom stereocenters. The predicted octanol–water partition coefficient (Wildman–Crippen LogP) is 4.09. The van der Waals surface area contributed by atoms with Gasteiger partial charge in [-0.2, -0.15) is 0 Å². The molecule has 0 radical (unpaired) electrons. The van der Waals surface area contributed by atoms with Crippen molar-refractivity contribution in [2.24, 2.45) is 5.73 Å². The van der Waals surface area contributed by atoms with Crippen molar-refractivity contribution in [3.63, 3.8) is 0 Å². The first-order chi connectivity index (χ1) is 16.0. The van der Waals surface area contributed by atoms with Gasteiger partial charge >= 0.3 is 0 Å². The lowest BCUT2D eigenvalue weighted by molar-refractivity contribution is 0.0717. The van der Waals surface area contributed by atoms with E-state index in [0.29, 0.717) is 6.61 Å². The summed E-state index contributed by atoms with van der Waals surface area (Å²) in [6.45, 7) is 6.63. The molecule has 0 spiro atoms. The van der Waals surface area contributed by atoms with Crippen molar-refractivity contribution in [3.05, 3.63) is 54.2 Å². The zero-order valence-corrected chi connectivity index (χ0v) is 19.3. The van der Waals surface area contributed by atoms with Gasteiger partial charge in [0.25, 0.3) is 0 Å². The van der Waals surface area contributed by atoms with Crippen LogP contribution in [0.1, 0.15) is 39.3 Å². The molecular weight excluding hydrogens is 428 g/mol. The normalized spacial score (nSPS) is 18.2. The summed E-state index contributed by atoms with van der Waals surface area (Å²) in [7, 11) is 1.68. The van der Waals surface area contributed by atoms with Crippen molar-refractivity contribution in [2.75, 3.05) is 26.8 Å². The minimum absolute atomic E-state index is 0. The quantitative estimate of drug-likeness (QED) is 0.442. The Hall–Kier alpha value is -3.07. The molecule has 8 nitrogen and oxygen atoms in total. The molecule has 2 N–H and O–H groups in total. The largest absolute Gasteiger partial charge is 0.491 e. The zero-order valence-electron chi connectivity index (χ0n) is 19.3. The first-order valence-corrected chi connectivity index (χ1v) is 11.4. The fourth-order valence-electron chi connectivity index (χ4n) is 4.30. The highest BCUT2D eigenvalue weighted by molar-refractivity contribution is 5.82. The molecule has 4 aromatic rings. The summed E-state index contributed by atoms with van der Waals surface area (Å²) in [4.78, 5) is 7.30. The van der Waals surface area contributed by atoms with E-state index in [1.54, 1.807) is 7.11 Å². The molecular formula is C26H34N6O2. The van der Waals surface area contributed by atoms with Crippen LogP contribution in [0, 0.1) is 0 Å². The molecule has 0 aliphatic carbocycles. The van der Waals surface area contributed by atoms with Gasteiger partial charge in [0.15, 0.2) is 11.5 Å². The standard InChI is InChI=1S/C25H30N6O2.CH4/c1-16(32-3)15-33-21-7-4-18-5-8-22(27-23(18)12-21)25-29-28-24-9-6-19(13-31(24)25)17(2)30-11-10-20(26)14-30;/h4-9,12-13,16-17,20H,10-11,14-15,26H2,1-3H3;1H4/t16-,17+,20+;/m1./s1. The van der Waals surface area contributed by atoms with Gasteiger partial charge in [-0.05, 0) is 50.1 Å². The maximum absolute atomic E-state index is 6.12. The topological polar surface area (TPSA) is 90.8 Å². The van der Waals surface area contributed by atoms with Gasteiger partial charge in [-0.25, -0.2) is 4.98 Å². The summed E-state index contributed by atoms with van der Waals surface area (Å²) < 4.78 is 13.1. The number of nitrogens with zero attached hydrogens (tertiary/aromatic N) is 5. The smallest absolute Gasteiger partial charge is 0.187 e. The van der Waals surface area contributed by atoms with E-state index in [0.717, 1.165) is 53.3 Å². The number of aromatic nitrogens is 4. The Balaban J connectivity index is 0.00000274. The van der Waals surface area contributed by atoms with E-state index in [4.69, 9.17) is 20.2 Å². The number of rotatable bonds is 7. The molecule has 1 aliphatic heterocycles. The number of hydrogen-bond donors (Lipinski definition) is 1. The average molecular weight is 463 g/mol. The van der Waals surface area contributed by atoms with Crippen molar-refractivity contribution in [1.29, 1.82) is 0 Å². The average Bonchev–Trinajstić information content (AvgIpc) is 3.47. The molecule has 1 saturated heterocycles. The second-order valence-corrected chi connectivity index (χ2v) is 8.84. The van der Waals surface area contributed by atoms with Gasteiger partial charge in [-0.15, -0.1) is 10.2 Å². The van der Waals surface area contributed by atoms with Crippen LogP contribution in [-0.2, 0) is 4.74 Å². The van der Waals surface area contributed by atoms with Crippen LogP contribution in [0.4, 0.5) is 0 Å². The van der Waals surface area contributed by atoms with Crippen molar-refractivity contribution < 1.29 is 9.47 Å². The lowest BCUT2D eigenvalue weighted by Crippen LogP contribution is -2.28. The van der Waals surface area contributed by atoms with Gasteiger partial charge in [-0.1, -0.05) is 19.6 Å². The summed E-state index contributed by atoms with van der Waals surface area (Å²) in [5, 5.41) is 9.85. The van der Waals surface area contributed by atoms with E-state index in [2.05, 4.69) is 40.4 Å². The van der Waals surface area contributed by atoms with Crippen LogP contribution in [0.2, 0.25) is 0 Å². The third kappa shape index (κ3) is 4.75. The molecule has 0 amide bonds. The summed E-state index contributed by atoms with van der Waals surface area (Å²) >= 11 is 0. The Morgan fingerprint density at radius 3 is 2.71 bits per heavy atom. The third-order valence-electron chi connectivity index (χ3n) is 6.49. The van der Waals surface area contributed by atoms with Crippen LogP contribution in [-0.4, -0.2) is 63.4 Å². The Labute approximate surface area is 200 Å². The van der Waals surface area contributed by atoms with Gasteiger partial charge in [0.1, 0.15) is 18.1 Å². The van der Waals surface area contributed by atoms with E-state index in [-0.39, 0.29) is 25.6 Å². The Morgan fingerprint density at radius 1 is 1.12 bits per heavy atom. The van der Waals surface area contributed by atoms with Crippen LogP contribution in [0.3, 0.4) is 0 Å². The summed E-state index contributed by atoms with van der Waals surface area (Å²) in [5.74, 6) is 1.49. The molecule has 34 heavy (non-hydrogen) atoms. The van der Waals surface area contributed by atoms with Crippen LogP contribution in [0.5, 0.6) is 5.75 Å². The van der Waals surface area contributed by atoms with Gasteiger partial charge in [0.05, 0.1) is 11.6 Å². The van der Waals surface area contributed by atoms with Crippen molar-refractivity contribution in [1.82, 2.24) is 24.5 Å². The highest BCUT2D eigenvalue weighted by Gasteiger charge is 2.25. The number of likely N-dealkylation sites (tertiary alicyclic amines) is 1. The molecule has 4 heterocycles. The summed E-state index contributed by atoms with van der Waals surface area (Å²) in [6.07, 6.45) is 3.19. The van der Waals surface area contributed by atoms with Crippen LogP contribution in [0.15, 0.2) is 48.7 Å². The van der Waals surface area contributed by atoms with Crippen molar-refractivity contribution >= 4 is 16.6 Å². The lowest BCUT2D eigenvalue weighted by Gasteiger charge is -2.24. The van der Waals surface area contributed by atoms with Gasteiger partial charge in [0.2, 0.25) is 0 Å².